The number of carbonyl (C=O) groups excluding carboxylic acids is 4. The molecule has 0 aliphatic carbocycles. The third-order valence-electron chi connectivity index (χ3n) is 4.96. The van der Waals surface area contributed by atoms with E-state index >= 15 is 0 Å². The molecule has 1 fully saturated rings. The van der Waals surface area contributed by atoms with Crippen LogP contribution in [0.15, 0.2) is 24.3 Å². The topological polar surface area (TPSA) is 84.0 Å². The minimum atomic E-state index is -0.304. The van der Waals surface area contributed by atoms with E-state index in [0.717, 1.165) is 12.8 Å². The quantitative estimate of drug-likeness (QED) is 0.588. The maximum absolute atomic E-state index is 12.4. The van der Waals surface area contributed by atoms with E-state index in [1.54, 1.807) is 29.2 Å². The van der Waals surface area contributed by atoms with E-state index in [-0.39, 0.29) is 42.6 Å². The van der Waals surface area contributed by atoms with E-state index < -0.39 is 0 Å². The number of piperidine rings is 1. The van der Waals surface area contributed by atoms with Crippen LogP contribution in [0.2, 0.25) is 0 Å². The molecule has 2 aliphatic rings. The van der Waals surface area contributed by atoms with Gasteiger partial charge in [0.25, 0.3) is 11.8 Å². The van der Waals surface area contributed by atoms with Crippen molar-refractivity contribution in [2.24, 2.45) is 5.92 Å². The van der Waals surface area contributed by atoms with Gasteiger partial charge in [0.1, 0.15) is 0 Å². The summed E-state index contributed by atoms with van der Waals surface area (Å²) in [6, 6.07) is 6.74. The number of ether oxygens (including phenoxy) is 1. The van der Waals surface area contributed by atoms with Gasteiger partial charge in [-0.3, -0.25) is 24.1 Å². The van der Waals surface area contributed by atoms with E-state index in [4.69, 9.17) is 4.74 Å². The molecule has 7 heteroatoms. The molecule has 0 bridgehead atoms. The largest absolute Gasteiger partial charge is 0.469 e. The zero-order valence-corrected chi connectivity index (χ0v) is 14.8. The van der Waals surface area contributed by atoms with Crippen LogP contribution in [0, 0.1) is 5.92 Å². The average molecular weight is 358 g/mol. The molecule has 7 nitrogen and oxygen atoms in total. The maximum Gasteiger partial charge on any atom is 0.310 e. The van der Waals surface area contributed by atoms with Crippen molar-refractivity contribution in [1.82, 2.24) is 9.80 Å². The third kappa shape index (κ3) is 3.47. The molecule has 0 N–H and O–H groups in total. The van der Waals surface area contributed by atoms with Crippen LogP contribution in [0.25, 0.3) is 0 Å². The lowest BCUT2D eigenvalue weighted by atomic mass is 9.98. The van der Waals surface area contributed by atoms with Crippen molar-refractivity contribution in [3.8, 4) is 0 Å². The van der Waals surface area contributed by atoms with Crippen molar-refractivity contribution in [2.45, 2.75) is 25.7 Å². The van der Waals surface area contributed by atoms with Crippen molar-refractivity contribution in [2.75, 3.05) is 26.7 Å². The van der Waals surface area contributed by atoms with Gasteiger partial charge < -0.3 is 9.64 Å². The molecule has 1 aromatic carbocycles. The molecule has 1 saturated heterocycles. The Morgan fingerprint density at radius 2 is 1.81 bits per heavy atom. The van der Waals surface area contributed by atoms with E-state index in [1.165, 1.54) is 12.0 Å². The molecular weight excluding hydrogens is 336 g/mol. The summed E-state index contributed by atoms with van der Waals surface area (Å²) >= 11 is 0. The van der Waals surface area contributed by atoms with Crippen LogP contribution in [0.1, 0.15) is 46.4 Å². The highest BCUT2D eigenvalue weighted by Crippen LogP contribution is 2.23. The normalized spacial score (nSPS) is 19.5. The fraction of sp³-hybridized carbons (Fsp3) is 0.474. The number of amides is 3. The van der Waals surface area contributed by atoms with Gasteiger partial charge in [-0.05, 0) is 31.4 Å². The van der Waals surface area contributed by atoms with E-state index in [1.807, 2.05) is 0 Å². The van der Waals surface area contributed by atoms with E-state index in [9.17, 15) is 19.2 Å². The standard InChI is InChI=1S/C19H22N2O5/c1-26-19(25)13-6-4-10-20(12-13)16(22)9-5-11-21-17(23)14-7-2-3-8-15(14)18(21)24/h2-3,7-8,13H,4-6,9-12H2,1H3. The molecule has 3 rings (SSSR count). The number of carbonyl (C=O) groups is 4. The first-order chi connectivity index (χ1) is 12.5. The summed E-state index contributed by atoms with van der Waals surface area (Å²) in [6.07, 6.45) is 2.14. The Bertz CT molecular complexity index is 710. The number of fused-ring (bicyclic) bond motifs is 1. The molecule has 2 aliphatic heterocycles. The Hall–Kier alpha value is -2.70. The summed E-state index contributed by atoms with van der Waals surface area (Å²) in [6.45, 7) is 1.21. The molecule has 2 heterocycles. The van der Waals surface area contributed by atoms with Gasteiger partial charge in [0.05, 0.1) is 24.2 Å². The van der Waals surface area contributed by atoms with Gasteiger partial charge in [0.2, 0.25) is 5.91 Å². The fourth-order valence-electron chi connectivity index (χ4n) is 3.55. The summed E-state index contributed by atoms with van der Waals surface area (Å²) in [5.41, 5.74) is 0.835. The lowest BCUT2D eigenvalue weighted by molar-refractivity contribution is -0.149. The second-order valence-corrected chi connectivity index (χ2v) is 6.61. The number of hydrogen-bond acceptors (Lipinski definition) is 5. The summed E-state index contributed by atoms with van der Waals surface area (Å²) in [7, 11) is 1.35. The van der Waals surface area contributed by atoms with Crippen LogP contribution in [-0.4, -0.2) is 60.2 Å². The number of hydrogen-bond donors (Lipinski definition) is 0. The Kier molecular flexibility index (Phi) is 5.35. The zero-order chi connectivity index (χ0) is 18.7. The average Bonchev–Trinajstić information content (AvgIpc) is 2.92. The molecule has 3 amide bonds. The van der Waals surface area contributed by atoms with Crippen LogP contribution in [0.5, 0.6) is 0 Å². The Labute approximate surface area is 151 Å². The first-order valence-electron chi connectivity index (χ1n) is 8.83. The second-order valence-electron chi connectivity index (χ2n) is 6.61. The molecule has 138 valence electrons. The number of methoxy groups -OCH3 is 1. The van der Waals surface area contributed by atoms with Crippen molar-refractivity contribution >= 4 is 23.7 Å². The summed E-state index contributed by atoms with van der Waals surface area (Å²) < 4.78 is 4.76. The number of imide groups is 1. The fourth-order valence-corrected chi connectivity index (χ4v) is 3.55. The number of nitrogens with zero attached hydrogens (tertiary/aromatic N) is 2. The first-order valence-corrected chi connectivity index (χ1v) is 8.83. The van der Waals surface area contributed by atoms with Crippen molar-refractivity contribution in [3.63, 3.8) is 0 Å². The Balaban J connectivity index is 1.51. The number of benzene rings is 1. The summed E-state index contributed by atoms with van der Waals surface area (Å²) in [5.74, 6) is -1.22. The van der Waals surface area contributed by atoms with Gasteiger partial charge in [-0.25, -0.2) is 0 Å². The van der Waals surface area contributed by atoms with Crippen molar-refractivity contribution in [3.05, 3.63) is 35.4 Å². The molecule has 1 atom stereocenters. The van der Waals surface area contributed by atoms with E-state index in [2.05, 4.69) is 0 Å². The molecule has 0 saturated carbocycles. The monoisotopic (exact) mass is 358 g/mol. The smallest absolute Gasteiger partial charge is 0.310 e. The molecule has 1 aromatic rings. The minimum Gasteiger partial charge on any atom is -0.469 e. The molecular formula is C19H22N2O5. The lowest BCUT2D eigenvalue weighted by Gasteiger charge is -2.31. The minimum absolute atomic E-state index is 0.0600. The van der Waals surface area contributed by atoms with Gasteiger partial charge in [-0.15, -0.1) is 0 Å². The number of esters is 1. The molecule has 0 radical (unpaired) electrons. The van der Waals surface area contributed by atoms with Gasteiger partial charge in [-0.2, -0.15) is 0 Å². The molecule has 0 aromatic heterocycles. The highest BCUT2D eigenvalue weighted by Gasteiger charge is 2.35. The lowest BCUT2D eigenvalue weighted by Crippen LogP contribution is -2.42. The van der Waals surface area contributed by atoms with Crippen LogP contribution in [0.4, 0.5) is 0 Å². The maximum atomic E-state index is 12.4. The predicted octanol–water partition coefficient (Wildman–Crippen LogP) is 1.47. The predicted molar refractivity (Wildman–Crippen MR) is 92.4 cm³/mol. The number of rotatable bonds is 5. The van der Waals surface area contributed by atoms with Crippen molar-refractivity contribution in [1.29, 1.82) is 0 Å². The Morgan fingerprint density at radius 1 is 1.15 bits per heavy atom. The van der Waals surface area contributed by atoms with Crippen LogP contribution in [-0.2, 0) is 14.3 Å². The molecule has 0 spiro atoms. The van der Waals surface area contributed by atoms with Gasteiger partial charge in [0.15, 0.2) is 0 Å². The summed E-state index contributed by atoms with van der Waals surface area (Å²) in [5, 5.41) is 0. The van der Waals surface area contributed by atoms with Gasteiger partial charge in [0, 0.05) is 26.1 Å². The van der Waals surface area contributed by atoms with Crippen LogP contribution in [0.3, 0.4) is 0 Å². The summed E-state index contributed by atoms with van der Waals surface area (Å²) in [4.78, 5) is 51.5. The highest BCUT2D eigenvalue weighted by molar-refractivity contribution is 6.21. The first kappa shape index (κ1) is 18.1. The van der Waals surface area contributed by atoms with Crippen LogP contribution >= 0.6 is 0 Å². The molecule has 26 heavy (non-hydrogen) atoms. The Morgan fingerprint density at radius 3 is 2.42 bits per heavy atom. The third-order valence-corrected chi connectivity index (χ3v) is 4.96. The second kappa shape index (κ2) is 7.68. The number of likely N-dealkylation sites (tertiary alicyclic amines) is 1. The van der Waals surface area contributed by atoms with E-state index in [0.29, 0.717) is 30.6 Å². The van der Waals surface area contributed by atoms with Crippen LogP contribution < -0.4 is 0 Å². The molecule has 1 unspecified atom stereocenters. The van der Waals surface area contributed by atoms with Crippen molar-refractivity contribution < 1.29 is 23.9 Å². The highest BCUT2D eigenvalue weighted by atomic mass is 16.5. The van der Waals surface area contributed by atoms with Gasteiger partial charge in [-0.1, -0.05) is 12.1 Å². The zero-order valence-electron chi connectivity index (χ0n) is 14.8. The SMILES string of the molecule is COC(=O)C1CCCN(C(=O)CCCN2C(=O)c3ccccc3C2=O)C1. The van der Waals surface area contributed by atoms with Gasteiger partial charge >= 0.3 is 5.97 Å².